The Labute approximate surface area is 186 Å². The van der Waals surface area contributed by atoms with Crippen LogP contribution in [0.4, 0.5) is 20.4 Å². The number of aromatic nitrogens is 2. The number of anilines is 2. The summed E-state index contributed by atoms with van der Waals surface area (Å²) >= 11 is 0. The molecule has 5 heteroatoms. The van der Waals surface area contributed by atoms with Gasteiger partial charge in [-0.1, -0.05) is 55.8 Å². The van der Waals surface area contributed by atoms with Crippen LogP contribution < -0.4 is 5.32 Å². The molecule has 0 radical (unpaired) electrons. The summed E-state index contributed by atoms with van der Waals surface area (Å²) in [6.07, 6.45) is 4.64. The first-order valence-electron chi connectivity index (χ1n) is 10.9. The maximum atomic E-state index is 13.9. The van der Waals surface area contributed by atoms with Crippen molar-refractivity contribution in [3.05, 3.63) is 107 Å². The zero-order chi connectivity index (χ0) is 22.1. The second-order valence-electron chi connectivity index (χ2n) is 8.16. The molecule has 1 N–H and O–H groups in total. The smallest absolute Gasteiger partial charge is 0.227 e. The van der Waals surface area contributed by atoms with E-state index in [0.717, 1.165) is 46.5 Å². The molecule has 1 aromatic heterocycles. The van der Waals surface area contributed by atoms with Gasteiger partial charge >= 0.3 is 0 Å². The van der Waals surface area contributed by atoms with Gasteiger partial charge in [0, 0.05) is 23.4 Å². The molecule has 1 aliphatic rings. The van der Waals surface area contributed by atoms with Gasteiger partial charge in [0.2, 0.25) is 5.95 Å². The fourth-order valence-corrected chi connectivity index (χ4v) is 4.40. The first-order chi connectivity index (χ1) is 15.6. The largest absolute Gasteiger partial charge is 0.324 e. The molecule has 32 heavy (non-hydrogen) atoms. The Bertz CT molecular complexity index is 1270. The lowest BCUT2D eigenvalue weighted by atomic mass is 9.78. The Balaban J connectivity index is 1.48. The molecule has 0 spiro atoms. The molecule has 0 aliphatic heterocycles. The minimum atomic E-state index is -0.833. The van der Waals surface area contributed by atoms with Crippen LogP contribution in [0.15, 0.2) is 72.9 Å². The normalized spacial score (nSPS) is 14.5. The van der Waals surface area contributed by atoms with Crippen LogP contribution in [0.25, 0.3) is 11.3 Å². The van der Waals surface area contributed by atoms with E-state index in [1.54, 1.807) is 6.07 Å². The predicted octanol–water partition coefficient (Wildman–Crippen LogP) is 6.81. The van der Waals surface area contributed by atoms with Crippen molar-refractivity contribution in [1.82, 2.24) is 9.97 Å². The molecular weight excluding hydrogens is 404 g/mol. The fraction of sp³-hybridized carbons (Fsp3) is 0.185. The molecule has 0 fully saturated rings. The van der Waals surface area contributed by atoms with E-state index in [9.17, 15) is 8.78 Å². The van der Waals surface area contributed by atoms with Crippen LogP contribution in [0.3, 0.4) is 0 Å². The molecule has 5 rings (SSSR count). The highest BCUT2D eigenvalue weighted by Gasteiger charge is 2.28. The maximum Gasteiger partial charge on any atom is 0.227 e. The average Bonchev–Trinajstić information content (AvgIpc) is 2.82. The van der Waals surface area contributed by atoms with E-state index >= 15 is 0 Å². The molecule has 0 saturated heterocycles. The van der Waals surface area contributed by atoms with Crippen molar-refractivity contribution in [3.8, 4) is 11.3 Å². The molecule has 1 aliphatic carbocycles. The third-order valence-electron chi connectivity index (χ3n) is 5.97. The van der Waals surface area contributed by atoms with E-state index in [2.05, 4.69) is 29.4 Å². The van der Waals surface area contributed by atoms with Gasteiger partial charge < -0.3 is 5.32 Å². The second kappa shape index (κ2) is 8.50. The van der Waals surface area contributed by atoms with Gasteiger partial charge in [-0.05, 0) is 59.4 Å². The zero-order valence-electron chi connectivity index (χ0n) is 17.8. The van der Waals surface area contributed by atoms with Crippen molar-refractivity contribution >= 4 is 11.6 Å². The quantitative estimate of drug-likeness (QED) is 0.380. The van der Waals surface area contributed by atoms with E-state index in [1.807, 2.05) is 42.6 Å². The monoisotopic (exact) mass is 427 g/mol. The Morgan fingerprint density at radius 2 is 1.78 bits per heavy atom. The molecule has 0 saturated carbocycles. The Hall–Kier alpha value is -3.60. The van der Waals surface area contributed by atoms with Crippen LogP contribution in [-0.4, -0.2) is 9.97 Å². The van der Waals surface area contributed by atoms with Crippen molar-refractivity contribution in [2.24, 2.45) is 0 Å². The summed E-state index contributed by atoms with van der Waals surface area (Å²) in [4.78, 5) is 9.33. The minimum Gasteiger partial charge on any atom is -0.324 e. The molecule has 0 unspecified atom stereocenters. The Morgan fingerprint density at radius 1 is 0.969 bits per heavy atom. The fourth-order valence-electron chi connectivity index (χ4n) is 4.40. The number of aryl methyl sites for hydroxylation is 1. The number of halogens is 2. The van der Waals surface area contributed by atoms with Crippen LogP contribution in [-0.2, 0) is 12.8 Å². The van der Waals surface area contributed by atoms with Gasteiger partial charge in [-0.15, -0.1) is 0 Å². The van der Waals surface area contributed by atoms with Gasteiger partial charge in [0.05, 0.1) is 5.69 Å². The van der Waals surface area contributed by atoms with Crippen LogP contribution >= 0.6 is 0 Å². The van der Waals surface area contributed by atoms with Crippen molar-refractivity contribution in [1.29, 1.82) is 0 Å². The molecule has 3 aromatic carbocycles. The van der Waals surface area contributed by atoms with E-state index < -0.39 is 11.6 Å². The van der Waals surface area contributed by atoms with E-state index in [0.29, 0.717) is 12.4 Å². The third kappa shape index (κ3) is 3.86. The van der Waals surface area contributed by atoms with Gasteiger partial charge in [0.25, 0.3) is 0 Å². The molecule has 3 nitrogen and oxygen atoms in total. The highest BCUT2D eigenvalue weighted by atomic mass is 19.2. The zero-order valence-corrected chi connectivity index (χ0v) is 17.8. The molecule has 1 atom stereocenters. The lowest BCUT2D eigenvalue weighted by Gasteiger charge is -2.27. The van der Waals surface area contributed by atoms with Crippen molar-refractivity contribution in [2.75, 3.05) is 5.32 Å². The van der Waals surface area contributed by atoms with Gasteiger partial charge in [-0.3, -0.25) is 0 Å². The summed E-state index contributed by atoms with van der Waals surface area (Å²) in [6, 6.07) is 20.5. The van der Waals surface area contributed by atoms with Crippen LogP contribution in [0.1, 0.15) is 41.5 Å². The van der Waals surface area contributed by atoms with Crippen molar-refractivity contribution < 1.29 is 8.78 Å². The summed E-state index contributed by atoms with van der Waals surface area (Å²) in [5.41, 5.74) is 6.90. The topological polar surface area (TPSA) is 37.8 Å². The van der Waals surface area contributed by atoms with Gasteiger partial charge in [-0.2, -0.15) is 0 Å². The number of nitrogens with zero attached hydrogens (tertiary/aromatic N) is 2. The van der Waals surface area contributed by atoms with Gasteiger partial charge in [0.1, 0.15) is 0 Å². The molecule has 0 bridgehead atoms. The highest BCUT2D eigenvalue weighted by molar-refractivity contribution is 5.73. The number of hydrogen-bond donors (Lipinski definition) is 1. The number of fused-ring (bicyclic) bond motifs is 3. The van der Waals surface area contributed by atoms with Crippen LogP contribution in [0.2, 0.25) is 0 Å². The predicted molar refractivity (Wildman–Crippen MR) is 123 cm³/mol. The van der Waals surface area contributed by atoms with Crippen LogP contribution in [0, 0.1) is 11.6 Å². The highest BCUT2D eigenvalue weighted by Crippen LogP contribution is 2.42. The number of rotatable bonds is 5. The third-order valence-corrected chi connectivity index (χ3v) is 5.97. The standard InChI is InChI=1S/C27H23F2N3/c1-2-5-17-8-11-20(12-9-17)31-27-30-16-19-14-23(18-10-13-24(28)25(29)15-18)21-6-3-4-7-22(21)26(19)32-27/h3-4,6-13,15-16,23H,2,5,14H2,1H3,(H,30,31,32)/t23-/m0/s1. The molecule has 160 valence electrons. The first kappa shape index (κ1) is 20.3. The van der Waals surface area contributed by atoms with Gasteiger partial charge in [-0.25, -0.2) is 18.7 Å². The average molecular weight is 427 g/mol. The summed E-state index contributed by atoms with van der Waals surface area (Å²) in [6.45, 7) is 2.17. The van der Waals surface area contributed by atoms with E-state index in [-0.39, 0.29) is 5.92 Å². The molecule has 4 aromatic rings. The lowest BCUT2D eigenvalue weighted by molar-refractivity contribution is 0.506. The number of hydrogen-bond acceptors (Lipinski definition) is 3. The Kier molecular flexibility index (Phi) is 5.39. The summed E-state index contributed by atoms with van der Waals surface area (Å²) in [7, 11) is 0. The van der Waals surface area contributed by atoms with E-state index in [1.165, 1.54) is 17.7 Å². The lowest BCUT2D eigenvalue weighted by Crippen LogP contribution is -2.15. The molecule has 0 amide bonds. The van der Waals surface area contributed by atoms with Crippen LogP contribution in [0.5, 0.6) is 0 Å². The number of nitrogens with one attached hydrogen (secondary N) is 1. The molecule has 1 heterocycles. The number of benzene rings is 3. The minimum absolute atomic E-state index is 0.0812. The van der Waals surface area contributed by atoms with E-state index in [4.69, 9.17) is 4.98 Å². The summed E-state index contributed by atoms with van der Waals surface area (Å²) in [5, 5.41) is 3.30. The Morgan fingerprint density at radius 3 is 2.56 bits per heavy atom. The first-order valence-corrected chi connectivity index (χ1v) is 10.9. The summed E-state index contributed by atoms with van der Waals surface area (Å²) < 4.78 is 27.4. The second-order valence-corrected chi connectivity index (χ2v) is 8.16. The van der Waals surface area contributed by atoms with Gasteiger partial charge in [0.15, 0.2) is 11.6 Å². The van der Waals surface area contributed by atoms with Crippen molar-refractivity contribution in [2.45, 2.75) is 32.1 Å². The summed E-state index contributed by atoms with van der Waals surface area (Å²) in [5.74, 6) is -1.21. The SMILES string of the molecule is CCCc1ccc(Nc2ncc3c(n2)-c2ccccc2[C@H](c2ccc(F)c(F)c2)C3)cc1. The van der Waals surface area contributed by atoms with Crippen molar-refractivity contribution in [3.63, 3.8) is 0 Å². The molecular formula is C27H23F2N3. The maximum absolute atomic E-state index is 13.9.